The number of aryl methyl sites for hydroxylation is 1. The van der Waals surface area contributed by atoms with Crippen LogP contribution in [0.3, 0.4) is 0 Å². The van der Waals surface area contributed by atoms with Crippen LogP contribution in [-0.4, -0.2) is 30.3 Å². The molecule has 0 fully saturated rings. The van der Waals surface area contributed by atoms with Gasteiger partial charge in [0.15, 0.2) is 5.82 Å². The predicted molar refractivity (Wildman–Crippen MR) is 78.4 cm³/mol. The number of hydrogen-bond donors (Lipinski definition) is 2. The summed E-state index contributed by atoms with van der Waals surface area (Å²) in [6, 6.07) is 1.94. The first-order chi connectivity index (χ1) is 10.2. The summed E-state index contributed by atoms with van der Waals surface area (Å²) in [6.45, 7) is 6.75. The highest BCUT2D eigenvalue weighted by Gasteiger charge is 2.29. The molecular weight excluding hydrogens is 291 g/mol. The van der Waals surface area contributed by atoms with Crippen LogP contribution in [0, 0.1) is 12.7 Å². The van der Waals surface area contributed by atoms with E-state index in [0.717, 1.165) is 0 Å². The maximum absolute atomic E-state index is 13.9. The predicted octanol–water partition coefficient (Wildman–Crippen LogP) is 2.36. The van der Waals surface area contributed by atoms with E-state index in [1.165, 1.54) is 6.07 Å². The molecule has 1 heterocycles. The van der Waals surface area contributed by atoms with Crippen molar-refractivity contribution < 1.29 is 23.5 Å². The van der Waals surface area contributed by atoms with E-state index in [0.29, 0.717) is 5.56 Å². The summed E-state index contributed by atoms with van der Waals surface area (Å²) in [5, 5.41) is 4.84. The van der Waals surface area contributed by atoms with Gasteiger partial charge in [-0.25, -0.2) is 9.18 Å². The molecule has 22 heavy (non-hydrogen) atoms. The summed E-state index contributed by atoms with van der Waals surface area (Å²) < 4.78 is 24.4. The number of amides is 2. The number of alkyl carbamates (subject to hydrolysis) is 1. The summed E-state index contributed by atoms with van der Waals surface area (Å²) in [5.41, 5.74) is -0.0358. The first kappa shape index (κ1) is 16.1. The van der Waals surface area contributed by atoms with Gasteiger partial charge >= 0.3 is 6.09 Å². The van der Waals surface area contributed by atoms with Gasteiger partial charge in [-0.2, -0.15) is 0 Å². The second-order valence-corrected chi connectivity index (χ2v) is 6.12. The number of benzene rings is 1. The zero-order valence-electron chi connectivity index (χ0n) is 13.0. The Morgan fingerprint density at radius 3 is 2.77 bits per heavy atom. The van der Waals surface area contributed by atoms with Crippen molar-refractivity contribution in [3.05, 3.63) is 23.5 Å². The molecular formula is C15H19FN2O4. The van der Waals surface area contributed by atoms with Crippen molar-refractivity contribution in [2.24, 2.45) is 0 Å². The number of carbonyl (C=O) groups is 2. The Bertz CT molecular complexity index is 610. The van der Waals surface area contributed by atoms with Crippen molar-refractivity contribution >= 4 is 17.7 Å². The lowest BCUT2D eigenvalue weighted by Gasteiger charge is -2.22. The van der Waals surface area contributed by atoms with Crippen molar-refractivity contribution in [2.45, 2.75) is 39.3 Å². The van der Waals surface area contributed by atoms with Crippen LogP contribution in [0.2, 0.25) is 0 Å². The fraction of sp³-hybridized carbons (Fsp3) is 0.467. The second-order valence-electron chi connectivity index (χ2n) is 6.12. The summed E-state index contributed by atoms with van der Waals surface area (Å²) in [7, 11) is 0. The third-order valence-corrected chi connectivity index (χ3v) is 2.86. The minimum Gasteiger partial charge on any atom is -0.489 e. The SMILES string of the molecule is Cc1cc(F)c2c(c1)OCC(NC(=O)OC(C)(C)C)C(=O)N2. The Labute approximate surface area is 128 Å². The monoisotopic (exact) mass is 310 g/mol. The fourth-order valence-corrected chi connectivity index (χ4v) is 1.96. The van der Waals surface area contributed by atoms with Gasteiger partial charge in [-0.05, 0) is 45.4 Å². The molecule has 2 amide bonds. The zero-order chi connectivity index (χ0) is 16.5. The van der Waals surface area contributed by atoms with Crippen LogP contribution in [0.15, 0.2) is 12.1 Å². The number of hydrogen-bond acceptors (Lipinski definition) is 4. The van der Waals surface area contributed by atoms with Crippen molar-refractivity contribution in [1.29, 1.82) is 0 Å². The van der Waals surface area contributed by atoms with Crippen molar-refractivity contribution in [2.75, 3.05) is 11.9 Å². The maximum Gasteiger partial charge on any atom is 0.408 e. The van der Waals surface area contributed by atoms with Gasteiger partial charge in [0.1, 0.15) is 29.7 Å². The molecule has 1 unspecified atom stereocenters. The summed E-state index contributed by atoms with van der Waals surface area (Å²) in [4.78, 5) is 23.8. The highest BCUT2D eigenvalue weighted by molar-refractivity contribution is 5.98. The number of carbonyl (C=O) groups excluding carboxylic acids is 2. The van der Waals surface area contributed by atoms with Gasteiger partial charge in [0, 0.05) is 0 Å². The van der Waals surface area contributed by atoms with Crippen molar-refractivity contribution in [3.8, 4) is 5.75 Å². The Morgan fingerprint density at radius 2 is 2.14 bits per heavy atom. The third-order valence-electron chi connectivity index (χ3n) is 2.86. The minimum absolute atomic E-state index is 0.0240. The number of nitrogens with one attached hydrogen (secondary N) is 2. The van der Waals surface area contributed by atoms with Crippen molar-refractivity contribution in [1.82, 2.24) is 5.32 Å². The van der Waals surface area contributed by atoms with E-state index in [-0.39, 0.29) is 18.0 Å². The van der Waals surface area contributed by atoms with Crippen LogP contribution in [-0.2, 0) is 9.53 Å². The molecule has 1 aliphatic heterocycles. The fourth-order valence-electron chi connectivity index (χ4n) is 1.96. The van der Waals surface area contributed by atoms with Crippen LogP contribution in [0.25, 0.3) is 0 Å². The summed E-state index contributed by atoms with van der Waals surface area (Å²) in [6.07, 6.45) is -0.737. The van der Waals surface area contributed by atoms with E-state index >= 15 is 0 Å². The van der Waals surface area contributed by atoms with Gasteiger partial charge in [-0.1, -0.05) is 0 Å². The number of fused-ring (bicyclic) bond motifs is 1. The van der Waals surface area contributed by atoms with Crippen molar-refractivity contribution in [3.63, 3.8) is 0 Å². The normalized spacial score (nSPS) is 17.7. The van der Waals surface area contributed by atoms with Crippen LogP contribution in [0.1, 0.15) is 26.3 Å². The Balaban J connectivity index is 2.12. The molecule has 1 atom stereocenters. The number of halogens is 1. The van der Waals surface area contributed by atoms with E-state index in [2.05, 4.69) is 10.6 Å². The highest BCUT2D eigenvalue weighted by Crippen LogP contribution is 2.31. The standard InChI is InChI=1S/C15H19FN2O4/c1-8-5-9(16)12-11(6-8)21-7-10(13(19)18-12)17-14(20)22-15(2,3)4/h5-6,10H,7H2,1-4H3,(H,17,20)(H,18,19). The lowest BCUT2D eigenvalue weighted by Crippen LogP contribution is -2.48. The van der Waals surface area contributed by atoms with Crippen LogP contribution >= 0.6 is 0 Å². The molecule has 6 nitrogen and oxygen atoms in total. The molecule has 120 valence electrons. The summed E-state index contributed by atoms with van der Waals surface area (Å²) in [5.74, 6) is -0.909. The van der Waals surface area contributed by atoms with E-state index in [9.17, 15) is 14.0 Å². The van der Waals surface area contributed by atoms with Gasteiger partial charge in [0.05, 0.1) is 0 Å². The number of anilines is 1. The first-order valence-corrected chi connectivity index (χ1v) is 6.89. The minimum atomic E-state index is -0.970. The lowest BCUT2D eigenvalue weighted by molar-refractivity contribution is -0.118. The quantitative estimate of drug-likeness (QED) is 0.835. The Kier molecular flexibility index (Phi) is 4.25. The van der Waals surface area contributed by atoms with Gasteiger partial charge in [0.2, 0.25) is 0 Å². The largest absolute Gasteiger partial charge is 0.489 e. The average Bonchev–Trinajstić information content (AvgIpc) is 2.49. The molecule has 7 heteroatoms. The highest BCUT2D eigenvalue weighted by atomic mass is 19.1. The topological polar surface area (TPSA) is 76.7 Å². The molecule has 1 aromatic carbocycles. The Morgan fingerprint density at radius 1 is 1.45 bits per heavy atom. The number of rotatable bonds is 1. The lowest BCUT2D eigenvalue weighted by atomic mass is 10.2. The molecule has 0 aromatic heterocycles. The molecule has 0 spiro atoms. The molecule has 2 rings (SSSR count). The van der Waals surface area contributed by atoms with Gasteiger partial charge in [-0.15, -0.1) is 0 Å². The Hall–Kier alpha value is -2.31. The second kappa shape index (κ2) is 5.82. The first-order valence-electron chi connectivity index (χ1n) is 6.89. The molecule has 0 saturated carbocycles. The van der Waals surface area contributed by atoms with Gasteiger partial charge in [0.25, 0.3) is 5.91 Å². The van der Waals surface area contributed by atoms with Gasteiger partial charge < -0.3 is 20.1 Å². The van der Waals surface area contributed by atoms with Crippen LogP contribution in [0.5, 0.6) is 5.75 Å². The average molecular weight is 310 g/mol. The van der Waals surface area contributed by atoms with Gasteiger partial charge in [-0.3, -0.25) is 4.79 Å². The van der Waals surface area contributed by atoms with E-state index < -0.39 is 29.5 Å². The van der Waals surface area contributed by atoms with E-state index in [4.69, 9.17) is 9.47 Å². The van der Waals surface area contributed by atoms with E-state index in [1.54, 1.807) is 33.8 Å². The maximum atomic E-state index is 13.9. The molecule has 2 N–H and O–H groups in total. The molecule has 0 radical (unpaired) electrons. The smallest absolute Gasteiger partial charge is 0.408 e. The molecule has 1 aliphatic rings. The molecule has 1 aromatic rings. The van der Waals surface area contributed by atoms with E-state index in [1.807, 2.05) is 0 Å². The zero-order valence-corrected chi connectivity index (χ0v) is 13.0. The molecule has 0 saturated heterocycles. The number of ether oxygens (including phenoxy) is 2. The molecule has 0 aliphatic carbocycles. The van der Waals surface area contributed by atoms with Crippen LogP contribution < -0.4 is 15.4 Å². The molecule has 0 bridgehead atoms. The third kappa shape index (κ3) is 3.87. The van der Waals surface area contributed by atoms with Crippen LogP contribution in [0.4, 0.5) is 14.9 Å². The summed E-state index contributed by atoms with van der Waals surface area (Å²) >= 11 is 0.